The standard InChI is InChI=1S/C21H32N8O2.2C5H10O2.C2H6/c1-14-18(22)27-19(23)17(26-14)20(30)28-21(24)25-11-5-4-6-15-7-9-16(10-8-15)31-13-12-29(2)3;2*1-5(2)6-3-4-7-5;1-2/h7-10H,4-6,11-13H2,1-3H3,(H4,22,23,27)(H3,24,25,28,30);2*3-4H2,1-2H3;1-2H3. The van der Waals surface area contributed by atoms with E-state index in [4.69, 9.17) is 40.9 Å². The number of aryl methyl sites for hydroxylation is 2. The highest BCUT2D eigenvalue weighted by Gasteiger charge is 2.24. The number of amides is 1. The van der Waals surface area contributed by atoms with E-state index in [1.54, 1.807) is 6.92 Å². The largest absolute Gasteiger partial charge is 0.492 e. The van der Waals surface area contributed by atoms with Crippen LogP contribution in [0.4, 0.5) is 11.6 Å². The van der Waals surface area contributed by atoms with E-state index in [-0.39, 0.29) is 34.9 Å². The molecule has 1 aromatic heterocycles. The normalized spacial score (nSPS) is 16.2. The zero-order valence-corrected chi connectivity index (χ0v) is 29.9. The zero-order chi connectivity index (χ0) is 35.5. The molecule has 1 aromatic carbocycles. The first-order valence-corrected chi connectivity index (χ1v) is 16.1. The van der Waals surface area contributed by atoms with Crippen molar-refractivity contribution in [3.8, 4) is 5.75 Å². The second-order valence-electron chi connectivity index (χ2n) is 11.6. The molecule has 266 valence electrons. The molecule has 2 aliphatic rings. The topological polar surface area (TPSA) is 195 Å². The van der Waals surface area contributed by atoms with Crippen molar-refractivity contribution in [3.05, 3.63) is 41.2 Å². The molecule has 14 heteroatoms. The number of hydrogen-bond acceptors (Lipinski definition) is 12. The lowest BCUT2D eigenvalue weighted by Gasteiger charge is -2.13. The molecule has 2 aromatic rings. The lowest BCUT2D eigenvalue weighted by atomic mass is 10.1. The van der Waals surface area contributed by atoms with Gasteiger partial charge in [-0.2, -0.15) is 0 Å². The van der Waals surface area contributed by atoms with Crippen LogP contribution in [0.1, 0.15) is 76.1 Å². The summed E-state index contributed by atoms with van der Waals surface area (Å²) in [6, 6.07) is 8.13. The second kappa shape index (κ2) is 21.3. The number of unbranched alkanes of at least 4 members (excludes halogenated alkanes) is 1. The summed E-state index contributed by atoms with van der Waals surface area (Å²) < 4.78 is 26.2. The number of anilines is 2. The molecule has 0 bridgehead atoms. The number of nitrogens with two attached hydrogens (primary N) is 3. The predicted molar refractivity (Wildman–Crippen MR) is 186 cm³/mol. The SMILES string of the molecule is CC.CC1(C)OCCO1.CC1(C)OCCO1.Cc1nc(C(=O)NC(N)=NCCCCc2ccc(OCCN(C)C)cc2)c(N)nc1N. The fourth-order valence-corrected chi connectivity index (χ4v) is 3.90. The van der Waals surface area contributed by atoms with Crippen molar-refractivity contribution in [1.82, 2.24) is 20.2 Å². The Morgan fingerprint density at radius 1 is 0.915 bits per heavy atom. The maximum absolute atomic E-state index is 12.2. The summed E-state index contributed by atoms with van der Waals surface area (Å²) in [5.41, 5.74) is 18.7. The molecule has 47 heavy (non-hydrogen) atoms. The van der Waals surface area contributed by atoms with E-state index in [9.17, 15) is 4.79 Å². The number of likely N-dealkylation sites (N-methyl/N-ethyl adjacent to an activating group) is 1. The highest BCUT2D eigenvalue weighted by atomic mass is 16.7. The average Bonchev–Trinajstić information content (AvgIpc) is 3.62. The van der Waals surface area contributed by atoms with Crippen LogP contribution in [0.3, 0.4) is 0 Å². The Morgan fingerprint density at radius 3 is 1.91 bits per heavy atom. The van der Waals surface area contributed by atoms with Crippen LogP contribution in [-0.2, 0) is 25.4 Å². The third-order valence-corrected chi connectivity index (χ3v) is 6.44. The summed E-state index contributed by atoms with van der Waals surface area (Å²) in [7, 11) is 4.03. The van der Waals surface area contributed by atoms with Gasteiger partial charge in [0.1, 0.15) is 18.2 Å². The monoisotopic (exact) mass is 662 g/mol. The summed E-state index contributed by atoms with van der Waals surface area (Å²) in [6.45, 7) is 18.3. The molecule has 2 aliphatic heterocycles. The highest BCUT2D eigenvalue weighted by molar-refractivity contribution is 6.06. The van der Waals surface area contributed by atoms with Crippen LogP contribution in [0.5, 0.6) is 5.75 Å². The molecule has 4 rings (SSSR count). The van der Waals surface area contributed by atoms with Gasteiger partial charge in [-0.3, -0.25) is 15.1 Å². The predicted octanol–water partition coefficient (Wildman–Crippen LogP) is 3.52. The molecule has 14 nitrogen and oxygen atoms in total. The number of nitrogens with one attached hydrogen (secondary N) is 1. The van der Waals surface area contributed by atoms with Gasteiger partial charge in [0.2, 0.25) is 0 Å². The third-order valence-electron chi connectivity index (χ3n) is 6.44. The van der Waals surface area contributed by atoms with Crippen molar-refractivity contribution in [3.63, 3.8) is 0 Å². The number of hydrogen-bond donors (Lipinski definition) is 4. The fraction of sp³-hybridized carbons (Fsp3) is 0.636. The number of aromatic nitrogens is 2. The Balaban J connectivity index is 0.000000557. The van der Waals surface area contributed by atoms with Gasteiger partial charge in [0.25, 0.3) is 5.91 Å². The van der Waals surface area contributed by atoms with Gasteiger partial charge >= 0.3 is 0 Å². The molecule has 0 atom stereocenters. The van der Waals surface area contributed by atoms with Crippen LogP contribution in [0.2, 0.25) is 0 Å². The van der Waals surface area contributed by atoms with Crippen LogP contribution in [0, 0.1) is 6.92 Å². The number of guanidine groups is 1. The number of rotatable bonds is 10. The third kappa shape index (κ3) is 17.8. The Hall–Kier alpha value is -3.56. The summed E-state index contributed by atoms with van der Waals surface area (Å²) in [5, 5.41) is 2.47. The number of nitrogens with zero attached hydrogens (tertiary/aromatic N) is 4. The van der Waals surface area contributed by atoms with Crippen LogP contribution >= 0.6 is 0 Å². The number of carbonyl (C=O) groups is 1. The maximum atomic E-state index is 12.2. The van der Waals surface area contributed by atoms with Crippen molar-refractivity contribution in [2.24, 2.45) is 10.7 Å². The molecule has 0 aliphatic carbocycles. The molecule has 1 amide bonds. The number of aliphatic imine (C=N–C) groups is 1. The van der Waals surface area contributed by atoms with Gasteiger partial charge in [0, 0.05) is 13.1 Å². The number of carbonyl (C=O) groups excluding carboxylic acids is 1. The van der Waals surface area contributed by atoms with Gasteiger partial charge in [0.05, 0.1) is 32.1 Å². The summed E-state index contributed by atoms with van der Waals surface area (Å²) >= 11 is 0. The molecule has 0 spiro atoms. The van der Waals surface area contributed by atoms with Crippen LogP contribution in [-0.4, -0.2) is 98.5 Å². The van der Waals surface area contributed by atoms with Gasteiger partial charge in [0.15, 0.2) is 29.0 Å². The average molecular weight is 663 g/mol. The van der Waals surface area contributed by atoms with Crippen molar-refractivity contribution in [2.45, 2.75) is 79.3 Å². The number of nitrogen functional groups attached to an aromatic ring is 2. The number of benzene rings is 1. The van der Waals surface area contributed by atoms with Crippen molar-refractivity contribution >= 4 is 23.5 Å². The minimum atomic E-state index is -0.567. The van der Waals surface area contributed by atoms with E-state index in [0.717, 1.165) is 58.0 Å². The quantitative estimate of drug-likeness (QED) is 0.164. The van der Waals surface area contributed by atoms with Crippen LogP contribution in [0.25, 0.3) is 0 Å². The molecule has 2 saturated heterocycles. The minimum Gasteiger partial charge on any atom is -0.492 e. The Bertz CT molecular complexity index is 1190. The van der Waals surface area contributed by atoms with Crippen LogP contribution < -0.4 is 27.3 Å². The first kappa shape index (κ1) is 41.5. The minimum absolute atomic E-state index is 0.0138. The first-order chi connectivity index (χ1) is 22.2. The fourth-order valence-electron chi connectivity index (χ4n) is 3.90. The smallest absolute Gasteiger partial charge is 0.280 e. The molecule has 2 fully saturated rings. The molecule has 7 N–H and O–H groups in total. The Labute approximate surface area is 280 Å². The summed E-state index contributed by atoms with van der Waals surface area (Å²) in [6.07, 6.45) is 2.71. The van der Waals surface area contributed by atoms with Crippen LogP contribution in [0.15, 0.2) is 29.3 Å². The summed E-state index contributed by atoms with van der Waals surface area (Å²) in [4.78, 5) is 26.4. The van der Waals surface area contributed by atoms with E-state index in [1.165, 1.54) is 5.56 Å². The number of ether oxygens (including phenoxy) is 5. The highest BCUT2D eigenvalue weighted by Crippen LogP contribution is 2.17. The molecule has 0 saturated carbocycles. The molecule has 3 heterocycles. The molecular weight excluding hydrogens is 604 g/mol. The van der Waals surface area contributed by atoms with Gasteiger partial charge < -0.3 is 45.8 Å². The van der Waals surface area contributed by atoms with E-state index in [0.29, 0.717) is 18.8 Å². The summed E-state index contributed by atoms with van der Waals surface area (Å²) in [5.74, 6) is -0.160. The van der Waals surface area contributed by atoms with Crippen molar-refractivity contribution in [1.29, 1.82) is 0 Å². The van der Waals surface area contributed by atoms with E-state index >= 15 is 0 Å². The molecule has 0 radical (unpaired) electrons. The lowest BCUT2D eigenvalue weighted by Crippen LogP contribution is -2.38. The van der Waals surface area contributed by atoms with Gasteiger partial charge in [-0.05, 0) is 85.7 Å². The van der Waals surface area contributed by atoms with E-state index < -0.39 is 5.91 Å². The van der Waals surface area contributed by atoms with Gasteiger partial charge in [-0.15, -0.1) is 0 Å². The zero-order valence-electron chi connectivity index (χ0n) is 29.9. The lowest BCUT2D eigenvalue weighted by molar-refractivity contribution is -0.126. The van der Waals surface area contributed by atoms with Gasteiger partial charge in [-0.25, -0.2) is 9.97 Å². The first-order valence-electron chi connectivity index (χ1n) is 16.1. The van der Waals surface area contributed by atoms with E-state index in [1.807, 2.05) is 67.8 Å². The van der Waals surface area contributed by atoms with Gasteiger partial charge in [-0.1, -0.05) is 26.0 Å². The Kier molecular flexibility index (Phi) is 18.8. The second-order valence-corrected chi connectivity index (χ2v) is 11.6. The molecule has 0 unspecified atom stereocenters. The molecular formula is C33H58N8O6. The van der Waals surface area contributed by atoms with Crippen molar-refractivity contribution in [2.75, 3.05) is 71.7 Å². The van der Waals surface area contributed by atoms with Crippen molar-refractivity contribution < 1.29 is 28.5 Å². The Morgan fingerprint density at radius 2 is 1.45 bits per heavy atom. The van der Waals surface area contributed by atoms with E-state index in [2.05, 4.69) is 37.3 Å². The maximum Gasteiger partial charge on any atom is 0.280 e.